The van der Waals surface area contributed by atoms with E-state index in [0.29, 0.717) is 23.9 Å². The molecule has 0 saturated heterocycles. The van der Waals surface area contributed by atoms with Crippen LogP contribution in [-0.2, 0) is 0 Å². The first-order valence-electron chi connectivity index (χ1n) is 5.37. The van der Waals surface area contributed by atoms with Crippen LogP contribution in [0.1, 0.15) is 34.6 Å². The molecule has 0 bridgehead atoms. The summed E-state index contributed by atoms with van der Waals surface area (Å²) in [5.74, 6) is 1.34. The van der Waals surface area contributed by atoms with Gasteiger partial charge >= 0.3 is 0 Å². The minimum atomic E-state index is 0.500. The van der Waals surface area contributed by atoms with Crippen LogP contribution in [-0.4, -0.2) is 29.9 Å². The van der Waals surface area contributed by atoms with E-state index in [1.807, 2.05) is 6.34 Å². The third-order valence-electron chi connectivity index (χ3n) is 2.85. The average Bonchev–Trinajstić information content (AvgIpc) is 2.46. The monoisotopic (exact) mass is 182 g/mol. The van der Waals surface area contributed by atoms with Crippen molar-refractivity contribution in [1.29, 1.82) is 0 Å². The SMILES string of the molecule is CCN1C=NC(C(C)C)C1C(C)C. The smallest absolute Gasteiger partial charge is 0.0857 e. The molecular formula is C11H22N2. The van der Waals surface area contributed by atoms with Gasteiger partial charge in [0.05, 0.1) is 18.4 Å². The lowest BCUT2D eigenvalue weighted by Crippen LogP contribution is -2.42. The van der Waals surface area contributed by atoms with E-state index in [9.17, 15) is 0 Å². The minimum absolute atomic E-state index is 0.500. The Labute approximate surface area is 82.0 Å². The van der Waals surface area contributed by atoms with Crippen LogP contribution in [0.25, 0.3) is 0 Å². The Balaban J connectivity index is 2.72. The van der Waals surface area contributed by atoms with Crippen LogP contribution < -0.4 is 0 Å². The quantitative estimate of drug-likeness (QED) is 0.654. The van der Waals surface area contributed by atoms with Crippen molar-refractivity contribution in [3.63, 3.8) is 0 Å². The summed E-state index contributed by atoms with van der Waals surface area (Å²) in [5.41, 5.74) is 0. The van der Waals surface area contributed by atoms with Crippen LogP contribution in [0.15, 0.2) is 4.99 Å². The zero-order valence-corrected chi connectivity index (χ0v) is 9.49. The zero-order valence-electron chi connectivity index (χ0n) is 9.49. The van der Waals surface area contributed by atoms with Crippen LogP contribution in [0.3, 0.4) is 0 Å². The fourth-order valence-corrected chi connectivity index (χ4v) is 2.16. The molecule has 2 heteroatoms. The first kappa shape index (κ1) is 10.6. The molecule has 1 aliphatic heterocycles. The molecule has 0 aliphatic carbocycles. The van der Waals surface area contributed by atoms with E-state index >= 15 is 0 Å². The van der Waals surface area contributed by atoms with Crippen LogP contribution in [0.4, 0.5) is 0 Å². The van der Waals surface area contributed by atoms with Gasteiger partial charge in [0.15, 0.2) is 0 Å². The Morgan fingerprint density at radius 1 is 1.23 bits per heavy atom. The van der Waals surface area contributed by atoms with E-state index in [-0.39, 0.29) is 0 Å². The Morgan fingerprint density at radius 2 is 1.85 bits per heavy atom. The topological polar surface area (TPSA) is 15.6 Å². The predicted molar refractivity (Wildman–Crippen MR) is 58.1 cm³/mol. The fraction of sp³-hybridized carbons (Fsp3) is 0.909. The molecule has 2 atom stereocenters. The van der Waals surface area contributed by atoms with Crippen LogP contribution in [0.2, 0.25) is 0 Å². The van der Waals surface area contributed by atoms with E-state index in [2.05, 4.69) is 44.5 Å². The largest absolute Gasteiger partial charge is 0.358 e. The summed E-state index contributed by atoms with van der Waals surface area (Å²) in [6.07, 6.45) is 2.04. The number of aliphatic imine (C=N–C) groups is 1. The Bertz CT molecular complexity index is 185. The molecule has 76 valence electrons. The van der Waals surface area contributed by atoms with Crippen molar-refractivity contribution in [3.8, 4) is 0 Å². The lowest BCUT2D eigenvalue weighted by atomic mass is 9.89. The number of hydrogen-bond acceptors (Lipinski definition) is 2. The molecule has 0 radical (unpaired) electrons. The highest BCUT2D eigenvalue weighted by atomic mass is 15.2. The molecular weight excluding hydrogens is 160 g/mol. The van der Waals surface area contributed by atoms with E-state index in [1.54, 1.807) is 0 Å². The molecule has 2 unspecified atom stereocenters. The molecule has 0 aromatic carbocycles. The molecule has 0 saturated carbocycles. The van der Waals surface area contributed by atoms with Gasteiger partial charge in [0.25, 0.3) is 0 Å². The van der Waals surface area contributed by atoms with Gasteiger partial charge in [-0.25, -0.2) is 0 Å². The highest BCUT2D eigenvalue weighted by molar-refractivity contribution is 5.59. The summed E-state index contributed by atoms with van der Waals surface area (Å²) in [6.45, 7) is 12.4. The summed E-state index contributed by atoms with van der Waals surface area (Å²) >= 11 is 0. The Kier molecular flexibility index (Phi) is 3.34. The van der Waals surface area contributed by atoms with Gasteiger partial charge in [0, 0.05) is 6.54 Å². The third kappa shape index (κ3) is 2.04. The summed E-state index contributed by atoms with van der Waals surface area (Å²) in [5, 5.41) is 0. The number of nitrogens with zero attached hydrogens (tertiary/aromatic N) is 2. The summed E-state index contributed by atoms with van der Waals surface area (Å²) < 4.78 is 0. The second-order valence-corrected chi connectivity index (χ2v) is 4.56. The maximum absolute atomic E-state index is 4.59. The fourth-order valence-electron chi connectivity index (χ4n) is 2.16. The molecule has 0 N–H and O–H groups in total. The van der Waals surface area contributed by atoms with Gasteiger partial charge in [0.1, 0.15) is 0 Å². The zero-order chi connectivity index (χ0) is 10.0. The van der Waals surface area contributed by atoms with Crippen molar-refractivity contribution in [2.75, 3.05) is 6.54 Å². The lowest BCUT2D eigenvalue weighted by Gasteiger charge is -2.32. The molecule has 0 amide bonds. The van der Waals surface area contributed by atoms with Gasteiger partial charge in [-0.1, -0.05) is 27.7 Å². The number of hydrogen-bond donors (Lipinski definition) is 0. The highest BCUT2D eigenvalue weighted by Gasteiger charge is 2.33. The van der Waals surface area contributed by atoms with Crippen molar-refractivity contribution in [2.45, 2.75) is 46.7 Å². The first-order chi connectivity index (χ1) is 6.07. The van der Waals surface area contributed by atoms with Gasteiger partial charge in [0.2, 0.25) is 0 Å². The van der Waals surface area contributed by atoms with E-state index in [4.69, 9.17) is 0 Å². The molecule has 2 nitrogen and oxygen atoms in total. The van der Waals surface area contributed by atoms with Crippen LogP contribution >= 0.6 is 0 Å². The van der Waals surface area contributed by atoms with Crippen molar-refractivity contribution < 1.29 is 0 Å². The number of rotatable bonds is 3. The van der Waals surface area contributed by atoms with E-state index < -0.39 is 0 Å². The van der Waals surface area contributed by atoms with Gasteiger partial charge in [-0.15, -0.1) is 0 Å². The summed E-state index contributed by atoms with van der Waals surface area (Å²) in [7, 11) is 0. The van der Waals surface area contributed by atoms with Gasteiger partial charge in [-0.3, -0.25) is 4.99 Å². The van der Waals surface area contributed by atoms with Gasteiger partial charge in [-0.2, -0.15) is 0 Å². The van der Waals surface area contributed by atoms with Crippen molar-refractivity contribution in [3.05, 3.63) is 0 Å². The van der Waals surface area contributed by atoms with Crippen LogP contribution in [0, 0.1) is 11.8 Å². The van der Waals surface area contributed by atoms with Crippen molar-refractivity contribution >= 4 is 6.34 Å². The van der Waals surface area contributed by atoms with Crippen molar-refractivity contribution in [1.82, 2.24) is 4.90 Å². The summed E-state index contributed by atoms with van der Waals surface area (Å²) in [4.78, 5) is 6.96. The first-order valence-corrected chi connectivity index (χ1v) is 5.37. The molecule has 1 aliphatic rings. The predicted octanol–water partition coefficient (Wildman–Crippen LogP) is 2.40. The summed E-state index contributed by atoms with van der Waals surface area (Å²) in [6, 6.07) is 1.12. The second-order valence-electron chi connectivity index (χ2n) is 4.56. The van der Waals surface area contributed by atoms with Gasteiger partial charge < -0.3 is 4.90 Å². The minimum Gasteiger partial charge on any atom is -0.358 e. The molecule has 0 aromatic rings. The molecule has 1 heterocycles. The maximum atomic E-state index is 4.59. The second kappa shape index (κ2) is 4.12. The normalized spacial score (nSPS) is 28.1. The maximum Gasteiger partial charge on any atom is 0.0857 e. The van der Waals surface area contributed by atoms with E-state index in [0.717, 1.165) is 6.54 Å². The molecule has 0 aromatic heterocycles. The average molecular weight is 182 g/mol. The highest BCUT2D eigenvalue weighted by Crippen LogP contribution is 2.25. The lowest BCUT2D eigenvalue weighted by molar-refractivity contribution is 0.224. The van der Waals surface area contributed by atoms with Crippen molar-refractivity contribution in [2.24, 2.45) is 16.8 Å². The molecule has 0 fully saturated rings. The molecule has 1 rings (SSSR count). The van der Waals surface area contributed by atoms with Gasteiger partial charge in [-0.05, 0) is 18.8 Å². The van der Waals surface area contributed by atoms with Crippen LogP contribution in [0.5, 0.6) is 0 Å². The van der Waals surface area contributed by atoms with E-state index in [1.165, 1.54) is 0 Å². The third-order valence-corrected chi connectivity index (χ3v) is 2.85. The Morgan fingerprint density at radius 3 is 2.23 bits per heavy atom. The Hall–Kier alpha value is -0.530. The number of likely N-dealkylation sites (N-methyl/N-ethyl adjacent to an activating group) is 1. The standard InChI is InChI=1S/C11H22N2/c1-6-13-7-12-10(8(2)3)11(13)9(4)5/h7-11H,6H2,1-5H3. The molecule has 13 heavy (non-hydrogen) atoms. The molecule has 0 spiro atoms.